The molecular weight excluding hydrogens is 426 g/mol. The second-order valence-corrected chi connectivity index (χ2v) is 9.55. The van der Waals surface area contributed by atoms with Crippen LogP contribution in [0, 0.1) is 0 Å². The minimum absolute atomic E-state index is 0.0111. The zero-order chi connectivity index (χ0) is 21.2. The van der Waals surface area contributed by atoms with Crippen LogP contribution in [0.4, 0.5) is 5.69 Å². The van der Waals surface area contributed by atoms with E-state index in [0.717, 1.165) is 34.5 Å². The minimum atomic E-state index is -0.162. The number of hydrogen-bond donors (Lipinski definition) is 1. The van der Waals surface area contributed by atoms with Gasteiger partial charge in [-0.1, -0.05) is 24.3 Å². The molecule has 1 N–H and O–H groups in total. The molecule has 2 amide bonds. The first-order valence-corrected chi connectivity index (χ1v) is 12.0. The Hall–Kier alpha value is -3.03. The number of piperidine rings is 1. The van der Waals surface area contributed by atoms with Gasteiger partial charge < -0.3 is 10.2 Å². The summed E-state index contributed by atoms with van der Waals surface area (Å²) in [6, 6.07) is 18.9. The molecule has 156 valence electrons. The quantitative estimate of drug-likeness (QED) is 0.419. The minimum Gasteiger partial charge on any atom is -0.329 e. The second kappa shape index (κ2) is 8.61. The van der Waals surface area contributed by atoms with E-state index < -0.39 is 0 Å². The molecule has 0 unspecified atom stereocenters. The summed E-state index contributed by atoms with van der Waals surface area (Å²) in [5.41, 5.74) is 2.19. The molecule has 5 rings (SSSR count). The number of nitrogens with zero attached hydrogens (tertiary/aromatic N) is 2. The largest absolute Gasteiger partial charge is 0.329 e. The monoisotopic (exact) mass is 447 g/mol. The summed E-state index contributed by atoms with van der Waals surface area (Å²) in [6.07, 6.45) is 2.99. The third-order valence-electron chi connectivity index (χ3n) is 5.47. The van der Waals surface area contributed by atoms with Crippen molar-refractivity contribution in [2.24, 2.45) is 0 Å². The Morgan fingerprint density at radius 2 is 1.94 bits per heavy atom. The lowest BCUT2D eigenvalue weighted by Crippen LogP contribution is -2.38. The lowest BCUT2D eigenvalue weighted by molar-refractivity contribution is 0.0611. The van der Waals surface area contributed by atoms with E-state index in [9.17, 15) is 9.59 Å². The molecule has 0 saturated carbocycles. The number of amides is 2. The number of benzene rings is 2. The van der Waals surface area contributed by atoms with Crippen molar-refractivity contribution in [3.63, 3.8) is 0 Å². The van der Waals surface area contributed by atoms with Crippen molar-refractivity contribution < 1.29 is 9.59 Å². The van der Waals surface area contributed by atoms with E-state index in [1.807, 2.05) is 52.7 Å². The fourth-order valence-corrected chi connectivity index (χ4v) is 5.69. The van der Waals surface area contributed by atoms with E-state index in [-0.39, 0.29) is 17.9 Å². The molecule has 0 aliphatic carbocycles. The molecule has 2 aromatic carbocycles. The zero-order valence-corrected chi connectivity index (χ0v) is 18.4. The molecule has 2 aromatic heterocycles. The number of likely N-dealkylation sites (tertiary alicyclic amines) is 1. The number of rotatable bonds is 4. The van der Waals surface area contributed by atoms with Gasteiger partial charge in [-0.05, 0) is 61.0 Å². The van der Waals surface area contributed by atoms with Crippen LogP contribution in [0.2, 0.25) is 0 Å². The molecule has 5 nitrogen and oxygen atoms in total. The predicted octanol–water partition coefficient (Wildman–Crippen LogP) is 5.98. The molecule has 1 atom stereocenters. The van der Waals surface area contributed by atoms with Crippen molar-refractivity contribution >= 4 is 50.4 Å². The normalized spacial score (nSPS) is 16.4. The van der Waals surface area contributed by atoms with Gasteiger partial charge in [-0.15, -0.1) is 22.7 Å². The third-order valence-corrected chi connectivity index (χ3v) is 7.48. The maximum Gasteiger partial charge on any atom is 0.265 e. The predicted molar refractivity (Wildman–Crippen MR) is 126 cm³/mol. The molecule has 31 heavy (non-hydrogen) atoms. The number of carbonyl (C=O) groups is 2. The van der Waals surface area contributed by atoms with Crippen LogP contribution in [0.25, 0.3) is 10.2 Å². The molecule has 0 bridgehead atoms. The van der Waals surface area contributed by atoms with Gasteiger partial charge in [0.05, 0.1) is 21.1 Å². The van der Waals surface area contributed by atoms with Crippen LogP contribution >= 0.6 is 22.7 Å². The molecule has 4 aromatic rings. The van der Waals surface area contributed by atoms with Crippen molar-refractivity contribution in [2.75, 3.05) is 11.9 Å². The average Bonchev–Trinajstić information content (AvgIpc) is 3.49. The zero-order valence-electron chi connectivity index (χ0n) is 16.8. The van der Waals surface area contributed by atoms with Gasteiger partial charge >= 0.3 is 0 Å². The highest BCUT2D eigenvalue weighted by Crippen LogP contribution is 2.36. The Morgan fingerprint density at radius 3 is 2.77 bits per heavy atom. The Kier molecular flexibility index (Phi) is 5.53. The summed E-state index contributed by atoms with van der Waals surface area (Å²) in [5, 5.41) is 5.76. The fraction of sp³-hybridized carbons (Fsp3) is 0.208. The number of para-hydroxylation sites is 1. The summed E-state index contributed by atoms with van der Waals surface area (Å²) in [7, 11) is 0. The Balaban J connectivity index is 1.39. The molecule has 7 heteroatoms. The maximum absolute atomic E-state index is 13.5. The van der Waals surface area contributed by atoms with Crippen LogP contribution in [0.5, 0.6) is 0 Å². The molecule has 0 radical (unpaired) electrons. The first kappa shape index (κ1) is 19.9. The van der Waals surface area contributed by atoms with E-state index in [2.05, 4.69) is 11.4 Å². The molecule has 1 aliphatic rings. The van der Waals surface area contributed by atoms with Gasteiger partial charge in [-0.25, -0.2) is 4.98 Å². The number of carbonyl (C=O) groups excluding carboxylic acids is 2. The van der Waals surface area contributed by atoms with Crippen LogP contribution in [-0.4, -0.2) is 28.2 Å². The summed E-state index contributed by atoms with van der Waals surface area (Å²) in [4.78, 5) is 33.2. The molecule has 0 spiro atoms. The van der Waals surface area contributed by atoms with E-state index in [1.54, 1.807) is 23.5 Å². The van der Waals surface area contributed by atoms with Crippen LogP contribution in [0.1, 0.15) is 50.3 Å². The number of fused-ring (bicyclic) bond motifs is 1. The standard InChI is InChI=1S/C24H21N3O2S2/c28-22(21-12-6-14-30-21)25-17-8-5-7-16(15-17)24(29)27-13-4-3-10-19(27)23-26-18-9-1-2-11-20(18)31-23/h1-2,5-9,11-12,14-15,19H,3-4,10,13H2,(H,25,28)/t19-/m0/s1. The lowest BCUT2D eigenvalue weighted by Gasteiger charge is -2.34. The summed E-state index contributed by atoms with van der Waals surface area (Å²) in [5.74, 6) is -0.180. The molecule has 1 aliphatic heterocycles. The lowest BCUT2D eigenvalue weighted by atomic mass is 10.0. The van der Waals surface area contributed by atoms with Crippen LogP contribution in [0.3, 0.4) is 0 Å². The maximum atomic E-state index is 13.5. The van der Waals surface area contributed by atoms with Crippen LogP contribution in [0.15, 0.2) is 66.0 Å². The third kappa shape index (κ3) is 4.11. The topological polar surface area (TPSA) is 62.3 Å². The van der Waals surface area contributed by atoms with Gasteiger partial charge in [-0.2, -0.15) is 0 Å². The molecular formula is C24H21N3O2S2. The number of thiophene rings is 1. The number of nitrogens with one attached hydrogen (secondary N) is 1. The van der Waals surface area contributed by atoms with Crippen molar-refractivity contribution in [3.05, 3.63) is 81.5 Å². The number of hydrogen-bond acceptors (Lipinski definition) is 5. The van der Waals surface area contributed by atoms with E-state index in [1.165, 1.54) is 11.3 Å². The number of thiazole rings is 1. The number of aromatic nitrogens is 1. The summed E-state index contributed by atoms with van der Waals surface area (Å²) in [6.45, 7) is 0.713. The van der Waals surface area contributed by atoms with Gasteiger partial charge in [0.25, 0.3) is 11.8 Å². The smallest absolute Gasteiger partial charge is 0.265 e. The van der Waals surface area contributed by atoms with Gasteiger partial charge in [0.2, 0.25) is 0 Å². The van der Waals surface area contributed by atoms with Crippen molar-refractivity contribution in [1.29, 1.82) is 0 Å². The average molecular weight is 448 g/mol. The summed E-state index contributed by atoms with van der Waals surface area (Å²) < 4.78 is 1.15. The van der Waals surface area contributed by atoms with Crippen LogP contribution < -0.4 is 5.32 Å². The Bertz CT molecular complexity index is 1200. The molecule has 1 saturated heterocycles. The van der Waals surface area contributed by atoms with E-state index in [4.69, 9.17) is 4.98 Å². The van der Waals surface area contributed by atoms with Gasteiger partial charge in [-0.3, -0.25) is 9.59 Å². The highest BCUT2D eigenvalue weighted by molar-refractivity contribution is 7.18. The van der Waals surface area contributed by atoms with Crippen molar-refractivity contribution in [2.45, 2.75) is 25.3 Å². The molecule has 1 fully saturated rings. The van der Waals surface area contributed by atoms with Gasteiger partial charge in [0.15, 0.2) is 0 Å². The summed E-state index contributed by atoms with van der Waals surface area (Å²) >= 11 is 3.06. The SMILES string of the molecule is O=C(Nc1cccc(C(=O)N2CCCC[C@H]2c2nc3ccccc3s2)c1)c1cccs1. The Morgan fingerprint density at radius 1 is 1.03 bits per heavy atom. The fourth-order valence-electron chi connectivity index (χ4n) is 3.96. The van der Waals surface area contributed by atoms with E-state index in [0.29, 0.717) is 22.7 Å². The van der Waals surface area contributed by atoms with Crippen molar-refractivity contribution in [3.8, 4) is 0 Å². The van der Waals surface area contributed by atoms with Crippen LogP contribution in [-0.2, 0) is 0 Å². The Labute approximate surface area is 188 Å². The molecule has 3 heterocycles. The highest BCUT2D eigenvalue weighted by Gasteiger charge is 2.31. The second-order valence-electron chi connectivity index (χ2n) is 7.54. The van der Waals surface area contributed by atoms with Gasteiger partial charge in [0, 0.05) is 17.8 Å². The van der Waals surface area contributed by atoms with Gasteiger partial charge in [0.1, 0.15) is 5.01 Å². The first-order chi connectivity index (χ1) is 15.2. The highest BCUT2D eigenvalue weighted by atomic mass is 32.1. The number of anilines is 1. The van der Waals surface area contributed by atoms with E-state index >= 15 is 0 Å². The van der Waals surface area contributed by atoms with Crippen molar-refractivity contribution in [1.82, 2.24) is 9.88 Å². The first-order valence-electron chi connectivity index (χ1n) is 10.3.